The fourth-order valence-electron chi connectivity index (χ4n) is 1.56. The van der Waals surface area contributed by atoms with Gasteiger partial charge in [0.25, 0.3) is 0 Å². The number of nitrogens with zero attached hydrogens (tertiary/aromatic N) is 1. The summed E-state index contributed by atoms with van der Waals surface area (Å²) in [4.78, 5) is 2.84. The van der Waals surface area contributed by atoms with E-state index in [4.69, 9.17) is 12.2 Å². The Kier molecular flexibility index (Phi) is 3.16. The van der Waals surface area contributed by atoms with Crippen LogP contribution in [0.3, 0.4) is 0 Å². The molecule has 0 radical (unpaired) electrons. The molecule has 0 spiro atoms. The van der Waals surface area contributed by atoms with E-state index < -0.39 is 6.36 Å². The molecule has 3 nitrogen and oxygen atoms in total. The van der Waals surface area contributed by atoms with E-state index in [0.717, 1.165) is 5.69 Å². The van der Waals surface area contributed by atoms with Crippen LogP contribution in [0.1, 0.15) is 5.69 Å². The summed E-state index contributed by atoms with van der Waals surface area (Å²) in [6.45, 7) is 1.76. The van der Waals surface area contributed by atoms with Crippen molar-refractivity contribution in [3.63, 3.8) is 0 Å². The number of rotatable bonds is 2. The van der Waals surface area contributed by atoms with Gasteiger partial charge in [-0.1, -0.05) is 12.1 Å². The van der Waals surface area contributed by atoms with Crippen molar-refractivity contribution in [2.45, 2.75) is 13.3 Å². The van der Waals surface area contributed by atoms with Crippen LogP contribution < -0.4 is 4.74 Å². The molecule has 0 saturated carbocycles. The summed E-state index contributed by atoms with van der Waals surface area (Å²) < 4.78 is 42.6. The highest BCUT2D eigenvalue weighted by Crippen LogP contribution is 2.29. The first kappa shape index (κ1) is 12.7. The number of hydrogen-bond acceptors (Lipinski definition) is 2. The van der Waals surface area contributed by atoms with Crippen molar-refractivity contribution in [1.29, 1.82) is 0 Å². The maximum Gasteiger partial charge on any atom is 0.573 e. The molecule has 7 heteroatoms. The maximum atomic E-state index is 12.3. The van der Waals surface area contributed by atoms with Gasteiger partial charge in [0.1, 0.15) is 0 Å². The van der Waals surface area contributed by atoms with Crippen LogP contribution in [-0.4, -0.2) is 15.9 Å². The molecule has 0 amide bonds. The highest BCUT2D eigenvalue weighted by Gasteiger charge is 2.32. The molecule has 0 saturated heterocycles. The zero-order valence-corrected chi connectivity index (χ0v) is 10.1. The molecular weight excluding hydrogens is 265 g/mol. The van der Waals surface area contributed by atoms with Gasteiger partial charge in [-0.25, -0.2) is 0 Å². The number of nitrogens with one attached hydrogen (secondary N) is 1. The molecule has 96 valence electrons. The third-order valence-corrected chi connectivity index (χ3v) is 2.49. The molecule has 0 fully saturated rings. The average molecular weight is 274 g/mol. The van der Waals surface area contributed by atoms with Crippen LogP contribution >= 0.6 is 12.2 Å². The SMILES string of the molecule is Cc1cn(-c2ccccc2OC(F)(F)F)c(=S)[nH]1. The van der Waals surface area contributed by atoms with Gasteiger partial charge in [-0.05, 0) is 31.3 Å². The number of H-pyrrole nitrogens is 1. The molecule has 0 aliphatic heterocycles. The molecule has 0 bridgehead atoms. The van der Waals surface area contributed by atoms with Gasteiger partial charge in [0.2, 0.25) is 0 Å². The second kappa shape index (κ2) is 4.49. The van der Waals surface area contributed by atoms with Crippen molar-refractivity contribution in [1.82, 2.24) is 9.55 Å². The van der Waals surface area contributed by atoms with Crippen molar-refractivity contribution in [2.75, 3.05) is 0 Å². The van der Waals surface area contributed by atoms with E-state index in [1.54, 1.807) is 19.2 Å². The molecule has 18 heavy (non-hydrogen) atoms. The Balaban J connectivity index is 2.52. The van der Waals surface area contributed by atoms with E-state index in [0.29, 0.717) is 4.77 Å². The van der Waals surface area contributed by atoms with E-state index in [-0.39, 0.29) is 11.4 Å². The number of halogens is 3. The second-order valence-electron chi connectivity index (χ2n) is 3.63. The van der Waals surface area contributed by atoms with Gasteiger partial charge in [0, 0.05) is 11.9 Å². The number of hydrogen-bond donors (Lipinski definition) is 1. The highest BCUT2D eigenvalue weighted by molar-refractivity contribution is 7.71. The molecule has 0 aliphatic rings. The minimum absolute atomic E-state index is 0.240. The first-order chi connectivity index (χ1) is 8.37. The molecule has 1 aromatic heterocycles. The lowest BCUT2D eigenvalue weighted by Gasteiger charge is -2.13. The minimum Gasteiger partial charge on any atom is -0.404 e. The third kappa shape index (κ3) is 2.73. The lowest BCUT2D eigenvalue weighted by Crippen LogP contribution is -2.18. The van der Waals surface area contributed by atoms with Crippen molar-refractivity contribution in [3.8, 4) is 11.4 Å². The number of alkyl halides is 3. The van der Waals surface area contributed by atoms with Crippen LogP contribution in [-0.2, 0) is 0 Å². The zero-order valence-electron chi connectivity index (χ0n) is 9.28. The van der Waals surface area contributed by atoms with Gasteiger partial charge in [-0.3, -0.25) is 4.57 Å². The average Bonchev–Trinajstić information content (AvgIpc) is 2.56. The Morgan fingerprint density at radius 1 is 1.28 bits per heavy atom. The summed E-state index contributed by atoms with van der Waals surface area (Å²) in [5, 5.41) is 0. The van der Waals surface area contributed by atoms with Crippen LogP contribution in [0.15, 0.2) is 30.5 Å². The second-order valence-corrected chi connectivity index (χ2v) is 4.01. The van der Waals surface area contributed by atoms with Crippen molar-refractivity contribution >= 4 is 12.2 Å². The smallest absolute Gasteiger partial charge is 0.404 e. The van der Waals surface area contributed by atoms with Gasteiger partial charge in [0.05, 0.1) is 5.69 Å². The Morgan fingerprint density at radius 2 is 1.94 bits per heavy atom. The van der Waals surface area contributed by atoms with Crippen LogP contribution in [0.5, 0.6) is 5.75 Å². The number of aryl methyl sites for hydroxylation is 1. The number of imidazole rings is 1. The highest BCUT2D eigenvalue weighted by atomic mass is 32.1. The summed E-state index contributed by atoms with van der Waals surface area (Å²) in [5.41, 5.74) is 0.992. The quantitative estimate of drug-likeness (QED) is 0.845. The number of ether oxygens (including phenoxy) is 1. The molecule has 1 aromatic carbocycles. The van der Waals surface area contributed by atoms with Crippen molar-refractivity contribution in [3.05, 3.63) is 40.9 Å². The van der Waals surface area contributed by atoms with Gasteiger partial charge in [-0.2, -0.15) is 0 Å². The monoisotopic (exact) mass is 274 g/mol. The molecule has 1 N–H and O–H groups in total. The largest absolute Gasteiger partial charge is 0.573 e. The van der Waals surface area contributed by atoms with Crippen molar-refractivity contribution in [2.24, 2.45) is 0 Å². The van der Waals surface area contributed by atoms with Gasteiger partial charge in [0.15, 0.2) is 10.5 Å². The van der Waals surface area contributed by atoms with Crippen LogP contribution in [0.4, 0.5) is 13.2 Å². The lowest BCUT2D eigenvalue weighted by atomic mass is 10.3. The summed E-state index contributed by atoms with van der Waals surface area (Å²) in [6.07, 6.45) is -3.12. The Morgan fingerprint density at radius 3 is 2.50 bits per heavy atom. The van der Waals surface area contributed by atoms with E-state index in [1.807, 2.05) is 0 Å². The predicted molar refractivity (Wildman–Crippen MR) is 62.4 cm³/mol. The first-order valence-corrected chi connectivity index (χ1v) is 5.41. The van der Waals surface area contributed by atoms with E-state index in [2.05, 4.69) is 9.72 Å². The normalized spacial score (nSPS) is 11.6. The lowest BCUT2D eigenvalue weighted by molar-refractivity contribution is -0.274. The fraction of sp³-hybridized carbons (Fsp3) is 0.182. The topological polar surface area (TPSA) is 29.9 Å². The number of para-hydroxylation sites is 2. The Bertz CT molecular complexity index is 615. The number of aromatic nitrogens is 2. The molecule has 1 heterocycles. The van der Waals surface area contributed by atoms with Crippen molar-refractivity contribution < 1.29 is 17.9 Å². The minimum atomic E-state index is -4.73. The van der Waals surface area contributed by atoms with Crippen LogP contribution in [0.2, 0.25) is 0 Å². The molecule has 2 aromatic rings. The van der Waals surface area contributed by atoms with E-state index >= 15 is 0 Å². The summed E-state index contributed by atoms with van der Waals surface area (Å²) >= 11 is 5.03. The standard InChI is InChI=1S/C11H9F3N2OS/c1-7-6-16(10(18)15-7)8-4-2-3-5-9(8)17-11(12,13)14/h2-6H,1H3,(H,15,18). The predicted octanol–water partition coefficient (Wildman–Crippen LogP) is 3.74. The van der Waals surface area contributed by atoms with Gasteiger partial charge < -0.3 is 9.72 Å². The van der Waals surface area contributed by atoms with E-state index in [1.165, 1.54) is 22.8 Å². The van der Waals surface area contributed by atoms with Crippen LogP contribution in [0.25, 0.3) is 5.69 Å². The first-order valence-electron chi connectivity index (χ1n) is 5.00. The molecule has 0 unspecified atom stereocenters. The van der Waals surface area contributed by atoms with Gasteiger partial charge >= 0.3 is 6.36 Å². The molecular formula is C11H9F3N2OS. The van der Waals surface area contributed by atoms with Gasteiger partial charge in [-0.15, -0.1) is 13.2 Å². The summed E-state index contributed by atoms with van der Waals surface area (Å²) in [7, 11) is 0. The zero-order chi connectivity index (χ0) is 13.3. The number of aromatic amines is 1. The molecule has 0 atom stereocenters. The number of benzene rings is 1. The maximum absolute atomic E-state index is 12.3. The summed E-state index contributed by atoms with van der Waals surface area (Å²) in [6, 6.07) is 5.83. The third-order valence-electron chi connectivity index (χ3n) is 2.20. The fourth-order valence-corrected chi connectivity index (χ4v) is 1.87. The van der Waals surface area contributed by atoms with Crippen LogP contribution in [0, 0.1) is 11.7 Å². The van der Waals surface area contributed by atoms with E-state index in [9.17, 15) is 13.2 Å². The Labute approximate surface area is 106 Å². The molecule has 2 rings (SSSR count). The summed E-state index contributed by atoms with van der Waals surface area (Å²) in [5.74, 6) is -0.292. The molecule has 0 aliphatic carbocycles. The Hall–Kier alpha value is -1.76.